The molecule has 1 aromatic carbocycles. The van der Waals surface area contributed by atoms with Crippen LogP contribution in [0.1, 0.15) is 13.8 Å². The standard InChI is InChI=1S/C11H16INO2S/c1-3-16(14,15)8-9(2)13-11-7-5-4-6-10(11)12/h4-7,9,13H,3,8H2,1-2H3. The maximum atomic E-state index is 11.4. The molecule has 0 bridgehead atoms. The van der Waals surface area contributed by atoms with Crippen LogP contribution in [-0.4, -0.2) is 26.0 Å². The van der Waals surface area contributed by atoms with Crippen molar-refractivity contribution in [2.75, 3.05) is 16.8 Å². The minimum Gasteiger partial charge on any atom is -0.381 e. The zero-order chi connectivity index (χ0) is 12.2. The Morgan fingerprint density at radius 1 is 1.38 bits per heavy atom. The van der Waals surface area contributed by atoms with Crippen LogP contribution >= 0.6 is 22.6 Å². The normalized spacial score (nSPS) is 13.4. The lowest BCUT2D eigenvalue weighted by molar-refractivity contribution is 0.593. The van der Waals surface area contributed by atoms with Crippen LogP contribution in [0.25, 0.3) is 0 Å². The third-order valence-electron chi connectivity index (χ3n) is 2.22. The van der Waals surface area contributed by atoms with E-state index in [1.165, 1.54) is 0 Å². The Balaban J connectivity index is 2.66. The summed E-state index contributed by atoms with van der Waals surface area (Å²) >= 11 is 2.23. The van der Waals surface area contributed by atoms with Crippen molar-refractivity contribution in [3.8, 4) is 0 Å². The number of rotatable bonds is 5. The average Bonchev–Trinajstić information content (AvgIpc) is 2.21. The highest BCUT2D eigenvalue weighted by atomic mass is 127. The van der Waals surface area contributed by atoms with Crippen molar-refractivity contribution in [3.63, 3.8) is 0 Å². The van der Waals surface area contributed by atoms with E-state index in [1.807, 2.05) is 31.2 Å². The number of para-hydroxylation sites is 1. The molecule has 1 aromatic rings. The molecule has 1 rings (SSSR count). The number of benzene rings is 1. The third-order valence-corrected chi connectivity index (χ3v) is 5.05. The van der Waals surface area contributed by atoms with Gasteiger partial charge in [0.05, 0.1) is 5.75 Å². The molecule has 0 radical (unpaired) electrons. The van der Waals surface area contributed by atoms with Gasteiger partial charge in [0.1, 0.15) is 0 Å². The highest BCUT2D eigenvalue weighted by molar-refractivity contribution is 14.1. The molecular formula is C11H16INO2S. The van der Waals surface area contributed by atoms with Crippen molar-refractivity contribution in [3.05, 3.63) is 27.8 Å². The lowest BCUT2D eigenvalue weighted by Gasteiger charge is -2.16. The van der Waals surface area contributed by atoms with Gasteiger partial charge >= 0.3 is 0 Å². The first-order valence-electron chi connectivity index (χ1n) is 5.16. The molecule has 0 aromatic heterocycles. The van der Waals surface area contributed by atoms with E-state index in [0.717, 1.165) is 9.26 Å². The van der Waals surface area contributed by atoms with Gasteiger partial charge in [-0.2, -0.15) is 0 Å². The molecule has 1 N–H and O–H groups in total. The average molecular weight is 353 g/mol. The lowest BCUT2D eigenvalue weighted by Crippen LogP contribution is -2.27. The quantitative estimate of drug-likeness (QED) is 0.828. The van der Waals surface area contributed by atoms with Gasteiger partial charge in [-0.15, -0.1) is 0 Å². The predicted octanol–water partition coefficient (Wildman–Crippen LogP) is 2.53. The van der Waals surface area contributed by atoms with Gasteiger partial charge in [-0.05, 0) is 41.6 Å². The summed E-state index contributed by atoms with van der Waals surface area (Å²) in [5.74, 6) is 0.374. The van der Waals surface area contributed by atoms with Crippen molar-refractivity contribution in [1.82, 2.24) is 0 Å². The van der Waals surface area contributed by atoms with Crippen LogP contribution in [0.4, 0.5) is 5.69 Å². The molecule has 0 heterocycles. The molecule has 0 spiro atoms. The van der Waals surface area contributed by atoms with Gasteiger partial charge in [-0.1, -0.05) is 19.1 Å². The minimum absolute atomic E-state index is 0.0686. The number of nitrogens with one attached hydrogen (secondary N) is 1. The second kappa shape index (κ2) is 5.86. The SMILES string of the molecule is CCS(=O)(=O)CC(C)Nc1ccccc1I. The fraction of sp³-hybridized carbons (Fsp3) is 0.455. The third kappa shape index (κ3) is 4.29. The molecule has 0 aliphatic rings. The van der Waals surface area contributed by atoms with Gasteiger partial charge in [0, 0.05) is 21.1 Å². The molecule has 0 fully saturated rings. The summed E-state index contributed by atoms with van der Waals surface area (Å²) in [6, 6.07) is 7.77. The molecule has 1 unspecified atom stereocenters. The largest absolute Gasteiger partial charge is 0.381 e. The van der Waals surface area contributed by atoms with Crippen molar-refractivity contribution in [2.24, 2.45) is 0 Å². The lowest BCUT2D eigenvalue weighted by atomic mass is 10.3. The Labute approximate surface area is 111 Å². The molecule has 5 heteroatoms. The molecule has 0 aliphatic heterocycles. The van der Waals surface area contributed by atoms with Crippen LogP contribution in [0, 0.1) is 3.57 Å². The number of anilines is 1. The van der Waals surface area contributed by atoms with Crippen LogP contribution < -0.4 is 5.32 Å². The summed E-state index contributed by atoms with van der Waals surface area (Å²) in [6.07, 6.45) is 0. The molecule has 3 nitrogen and oxygen atoms in total. The van der Waals surface area contributed by atoms with Gasteiger partial charge in [-0.25, -0.2) is 8.42 Å². The number of hydrogen-bond donors (Lipinski definition) is 1. The Hall–Kier alpha value is -0.300. The van der Waals surface area contributed by atoms with Gasteiger partial charge in [0.25, 0.3) is 0 Å². The summed E-state index contributed by atoms with van der Waals surface area (Å²) < 4.78 is 24.0. The second-order valence-corrected chi connectivity index (χ2v) is 7.28. The second-order valence-electron chi connectivity index (χ2n) is 3.72. The zero-order valence-corrected chi connectivity index (χ0v) is 12.4. The van der Waals surface area contributed by atoms with E-state index < -0.39 is 9.84 Å². The summed E-state index contributed by atoms with van der Waals surface area (Å²) in [5.41, 5.74) is 0.988. The maximum absolute atomic E-state index is 11.4. The Bertz CT molecular complexity index is 445. The number of sulfone groups is 1. The van der Waals surface area contributed by atoms with E-state index in [1.54, 1.807) is 6.92 Å². The van der Waals surface area contributed by atoms with Crippen molar-refractivity contribution in [2.45, 2.75) is 19.9 Å². The van der Waals surface area contributed by atoms with E-state index >= 15 is 0 Å². The van der Waals surface area contributed by atoms with Gasteiger partial charge in [-0.3, -0.25) is 0 Å². The Kier molecular flexibility index (Phi) is 5.04. The highest BCUT2D eigenvalue weighted by Crippen LogP contribution is 2.18. The summed E-state index contributed by atoms with van der Waals surface area (Å²) in [5, 5.41) is 3.21. The molecule has 16 heavy (non-hydrogen) atoms. The molecule has 0 amide bonds. The fourth-order valence-corrected chi connectivity index (χ4v) is 3.01. The monoisotopic (exact) mass is 353 g/mol. The smallest absolute Gasteiger partial charge is 0.152 e. The molecule has 90 valence electrons. The summed E-state index contributed by atoms with van der Waals surface area (Å²) in [4.78, 5) is 0. The maximum Gasteiger partial charge on any atom is 0.152 e. The fourth-order valence-electron chi connectivity index (χ4n) is 1.38. The Morgan fingerprint density at radius 3 is 2.56 bits per heavy atom. The van der Waals surface area contributed by atoms with Crippen LogP contribution in [-0.2, 0) is 9.84 Å². The van der Waals surface area contributed by atoms with Crippen LogP contribution in [0.5, 0.6) is 0 Å². The van der Waals surface area contributed by atoms with Crippen LogP contribution in [0.3, 0.4) is 0 Å². The number of hydrogen-bond acceptors (Lipinski definition) is 3. The molecule has 0 saturated heterocycles. The first-order valence-corrected chi connectivity index (χ1v) is 8.06. The van der Waals surface area contributed by atoms with Crippen molar-refractivity contribution < 1.29 is 8.42 Å². The number of halogens is 1. The van der Waals surface area contributed by atoms with Crippen LogP contribution in [0.15, 0.2) is 24.3 Å². The zero-order valence-electron chi connectivity index (χ0n) is 9.40. The first-order chi connectivity index (χ1) is 7.44. The van der Waals surface area contributed by atoms with E-state index in [2.05, 4.69) is 27.9 Å². The Morgan fingerprint density at radius 2 is 2.00 bits per heavy atom. The van der Waals surface area contributed by atoms with Gasteiger partial charge in [0.2, 0.25) is 0 Å². The molecule has 0 saturated carbocycles. The topological polar surface area (TPSA) is 46.2 Å². The van der Waals surface area contributed by atoms with Crippen molar-refractivity contribution >= 4 is 38.1 Å². The van der Waals surface area contributed by atoms with E-state index in [9.17, 15) is 8.42 Å². The highest BCUT2D eigenvalue weighted by Gasteiger charge is 2.13. The summed E-state index contributed by atoms with van der Waals surface area (Å²) in [6.45, 7) is 3.56. The van der Waals surface area contributed by atoms with Gasteiger partial charge in [0.15, 0.2) is 9.84 Å². The predicted molar refractivity (Wildman–Crippen MR) is 76.6 cm³/mol. The molecule has 1 atom stereocenters. The first kappa shape index (κ1) is 13.8. The van der Waals surface area contributed by atoms with E-state index in [-0.39, 0.29) is 17.5 Å². The minimum atomic E-state index is -2.92. The van der Waals surface area contributed by atoms with E-state index in [4.69, 9.17) is 0 Å². The van der Waals surface area contributed by atoms with Gasteiger partial charge < -0.3 is 5.32 Å². The van der Waals surface area contributed by atoms with Crippen LogP contribution in [0.2, 0.25) is 0 Å². The molecule has 0 aliphatic carbocycles. The molecular weight excluding hydrogens is 337 g/mol. The summed E-state index contributed by atoms with van der Waals surface area (Å²) in [7, 11) is -2.92. The van der Waals surface area contributed by atoms with Crippen molar-refractivity contribution in [1.29, 1.82) is 0 Å². The van der Waals surface area contributed by atoms with E-state index in [0.29, 0.717) is 0 Å².